The number of aromatic nitrogens is 1. The predicted octanol–water partition coefficient (Wildman–Crippen LogP) is 4.00. The lowest BCUT2D eigenvalue weighted by Gasteiger charge is -2.31. The van der Waals surface area contributed by atoms with E-state index in [9.17, 15) is 4.39 Å². The molecule has 1 saturated carbocycles. The highest BCUT2D eigenvalue weighted by molar-refractivity contribution is 5.23. The number of pyridine rings is 1. The second-order valence-electron chi connectivity index (χ2n) is 7.01. The molecule has 1 aliphatic carbocycles. The topological polar surface area (TPSA) is 38.9 Å². The van der Waals surface area contributed by atoms with E-state index in [4.69, 9.17) is 5.73 Å². The number of rotatable bonds is 1. The molecule has 1 fully saturated rings. The Hall–Kier alpha value is -0.960. The first kappa shape index (κ1) is 14.4. The standard InChI is InChI=1S/C16H25FN2/c1-15(2,3)12-5-4-8-16(18,9-6-12)13-7-10-19-11-14(13)17/h7,10-12H,4-6,8-9,18H2,1-3H3. The summed E-state index contributed by atoms with van der Waals surface area (Å²) in [6.45, 7) is 6.86. The first-order valence-corrected chi connectivity index (χ1v) is 7.22. The van der Waals surface area contributed by atoms with E-state index in [1.807, 2.05) is 0 Å². The van der Waals surface area contributed by atoms with Crippen LogP contribution in [0.4, 0.5) is 4.39 Å². The van der Waals surface area contributed by atoms with Crippen LogP contribution in [0.3, 0.4) is 0 Å². The van der Waals surface area contributed by atoms with E-state index in [2.05, 4.69) is 25.8 Å². The van der Waals surface area contributed by atoms with Crippen molar-refractivity contribution >= 4 is 0 Å². The summed E-state index contributed by atoms with van der Waals surface area (Å²) in [5, 5.41) is 0. The molecule has 1 aromatic rings. The molecular formula is C16H25FN2. The van der Waals surface area contributed by atoms with Gasteiger partial charge in [-0.2, -0.15) is 0 Å². The molecule has 3 heteroatoms. The third kappa shape index (κ3) is 3.14. The van der Waals surface area contributed by atoms with Crippen molar-refractivity contribution in [1.29, 1.82) is 0 Å². The van der Waals surface area contributed by atoms with E-state index in [-0.39, 0.29) is 5.82 Å². The fourth-order valence-corrected chi connectivity index (χ4v) is 3.28. The zero-order chi connectivity index (χ0) is 14.1. The maximum atomic E-state index is 13.9. The van der Waals surface area contributed by atoms with E-state index >= 15 is 0 Å². The SMILES string of the molecule is CC(C)(C)C1CCCC(N)(c2ccncc2F)CC1. The van der Waals surface area contributed by atoms with Crippen LogP contribution in [0.1, 0.15) is 58.4 Å². The average molecular weight is 264 g/mol. The van der Waals surface area contributed by atoms with Gasteiger partial charge >= 0.3 is 0 Å². The Kier molecular flexibility index (Phi) is 3.95. The van der Waals surface area contributed by atoms with Crippen molar-refractivity contribution in [2.75, 3.05) is 0 Å². The van der Waals surface area contributed by atoms with Crippen molar-refractivity contribution in [2.24, 2.45) is 17.1 Å². The molecule has 2 rings (SSSR count). The Morgan fingerprint density at radius 1 is 1.32 bits per heavy atom. The van der Waals surface area contributed by atoms with Gasteiger partial charge in [0.1, 0.15) is 5.82 Å². The third-order valence-corrected chi connectivity index (χ3v) is 4.65. The maximum Gasteiger partial charge on any atom is 0.146 e. The second-order valence-corrected chi connectivity index (χ2v) is 7.01. The molecule has 0 saturated heterocycles. The number of halogens is 1. The van der Waals surface area contributed by atoms with Gasteiger partial charge in [0.25, 0.3) is 0 Å². The van der Waals surface area contributed by atoms with Crippen LogP contribution in [0.5, 0.6) is 0 Å². The van der Waals surface area contributed by atoms with Crippen LogP contribution >= 0.6 is 0 Å². The lowest BCUT2D eigenvalue weighted by molar-refractivity contribution is 0.210. The summed E-state index contributed by atoms with van der Waals surface area (Å²) in [5.74, 6) is 0.405. The minimum atomic E-state index is -0.521. The number of hydrogen-bond donors (Lipinski definition) is 1. The molecule has 0 radical (unpaired) electrons. The molecule has 0 aromatic carbocycles. The van der Waals surface area contributed by atoms with Crippen LogP contribution in [0, 0.1) is 17.2 Å². The molecule has 0 amide bonds. The van der Waals surface area contributed by atoms with Crippen molar-refractivity contribution in [2.45, 2.75) is 58.4 Å². The van der Waals surface area contributed by atoms with Crippen molar-refractivity contribution in [3.8, 4) is 0 Å². The lowest BCUT2D eigenvalue weighted by atomic mass is 9.75. The number of nitrogens with zero attached hydrogens (tertiary/aromatic N) is 1. The first-order chi connectivity index (χ1) is 8.83. The monoisotopic (exact) mass is 264 g/mol. The van der Waals surface area contributed by atoms with Crippen LogP contribution in [-0.2, 0) is 5.54 Å². The fourth-order valence-electron chi connectivity index (χ4n) is 3.28. The normalized spacial score (nSPS) is 29.0. The quantitative estimate of drug-likeness (QED) is 0.779. The summed E-state index contributed by atoms with van der Waals surface area (Å²) >= 11 is 0. The molecule has 0 spiro atoms. The number of hydrogen-bond acceptors (Lipinski definition) is 2. The van der Waals surface area contributed by atoms with Crippen LogP contribution in [0.2, 0.25) is 0 Å². The minimum absolute atomic E-state index is 0.265. The van der Waals surface area contributed by atoms with Gasteiger partial charge in [-0.25, -0.2) is 4.39 Å². The Morgan fingerprint density at radius 2 is 2.05 bits per heavy atom. The molecule has 0 aliphatic heterocycles. The molecule has 0 bridgehead atoms. The van der Waals surface area contributed by atoms with Gasteiger partial charge in [-0.3, -0.25) is 4.98 Å². The van der Waals surface area contributed by atoms with Gasteiger partial charge in [0, 0.05) is 17.3 Å². The molecule has 1 aromatic heterocycles. The largest absolute Gasteiger partial charge is 0.321 e. The van der Waals surface area contributed by atoms with Gasteiger partial charge < -0.3 is 5.73 Å². The zero-order valence-corrected chi connectivity index (χ0v) is 12.2. The van der Waals surface area contributed by atoms with E-state index in [1.165, 1.54) is 12.6 Å². The Balaban J connectivity index is 2.20. The van der Waals surface area contributed by atoms with E-state index < -0.39 is 5.54 Å². The van der Waals surface area contributed by atoms with E-state index in [1.54, 1.807) is 12.3 Å². The molecule has 2 atom stereocenters. The summed E-state index contributed by atoms with van der Waals surface area (Å²) in [6.07, 6.45) is 7.96. The van der Waals surface area contributed by atoms with Gasteiger partial charge in [0.15, 0.2) is 0 Å². The van der Waals surface area contributed by atoms with Gasteiger partial charge in [-0.05, 0) is 43.1 Å². The molecule has 106 valence electrons. The van der Waals surface area contributed by atoms with E-state index in [0.717, 1.165) is 25.7 Å². The highest BCUT2D eigenvalue weighted by Crippen LogP contribution is 2.42. The van der Waals surface area contributed by atoms with Crippen molar-refractivity contribution < 1.29 is 4.39 Å². The van der Waals surface area contributed by atoms with Gasteiger partial charge in [-0.1, -0.05) is 27.2 Å². The third-order valence-electron chi connectivity index (χ3n) is 4.65. The average Bonchev–Trinajstić information content (AvgIpc) is 2.52. The van der Waals surface area contributed by atoms with Gasteiger partial charge in [0.2, 0.25) is 0 Å². The molecule has 19 heavy (non-hydrogen) atoms. The predicted molar refractivity (Wildman–Crippen MR) is 76.1 cm³/mol. The van der Waals surface area contributed by atoms with Crippen molar-refractivity contribution in [1.82, 2.24) is 4.98 Å². The van der Waals surface area contributed by atoms with Crippen LogP contribution < -0.4 is 5.73 Å². The van der Waals surface area contributed by atoms with Crippen molar-refractivity contribution in [3.05, 3.63) is 29.8 Å². The van der Waals surface area contributed by atoms with Crippen LogP contribution in [0.15, 0.2) is 18.5 Å². The van der Waals surface area contributed by atoms with Crippen LogP contribution in [0.25, 0.3) is 0 Å². The smallest absolute Gasteiger partial charge is 0.146 e. The molecule has 1 aliphatic rings. The highest BCUT2D eigenvalue weighted by atomic mass is 19.1. The zero-order valence-electron chi connectivity index (χ0n) is 12.2. The lowest BCUT2D eigenvalue weighted by Crippen LogP contribution is -2.37. The van der Waals surface area contributed by atoms with Gasteiger partial charge in [-0.15, -0.1) is 0 Å². The van der Waals surface area contributed by atoms with Crippen molar-refractivity contribution in [3.63, 3.8) is 0 Å². The molecule has 2 N–H and O–H groups in total. The fraction of sp³-hybridized carbons (Fsp3) is 0.688. The summed E-state index contributed by atoms with van der Waals surface area (Å²) in [6, 6.07) is 1.74. The molecule has 2 unspecified atom stereocenters. The summed E-state index contributed by atoms with van der Waals surface area (Å²) in [4.78, 5) is 3.82. The Morgan fingerprint density at radius 3 is 2.68 bits per heavy atom. The minimum Gasteiger partial charge on any atom is -0.321 e. The first-order valence-electron chi connectivity index (χ1n) is 7.22. The summed E-state index contributed by atoms with van der Waals surface area (Å²) < 4.78 is 13.9. The Bertz CT molecular complexity index is 439. The summed E-state index contributed by atoms with van der Waals surface area (Å²) in [5.41, 5.74) is 6.94. The van der Waals surface area contributed by atoms with Gasteiger partial charge in [0.05, 0.1) is 6.20 Å². The molecule has 1 heterocycles. The molecule has 2 nitrogen and oxygen atoms in total. The number of nitrogens with two attached hydrogens (primary N) is 1. The molecular weight excluding hydrogens is 239 g/mol. The maximum absolute atomic E-state index is 13.9. The summed E-state index contributed by atoms with van der Waals surface area (Å²) in [7, 11) is 0. The highest BCUT2D eigenvalue weighted by Gasteiger charge is 2.36. The second kappa shape index (κ2) is 5.20. The Labute approximate surface area is 115 Å². The van der Waals surface area contributed by atoms with Crippen LogP contribution in [-0.4, -0.2) is 4.98 Å². The van der Waals surface area contributed by atoms with E-state index in [0.29, 0.717) is 16.9 Å².